The van der Waals surface area contributed by atoms with E-state index in [4.69, 9.17) is 4.42 Å². The van der Waals surface area contributed by atoms with E-state index < -0.39 is 0 Å². The number of rotatable bonds is 4. The molecule has 0 bridgehead atoms. The first-order chi connectivity index (χ1) is 6.86. The van der Waals surface area contributed by atoms with Gasteiger partial charge in [-0.05, 0) is 40.9 Å². The van der Waals surface area contributed by atoms with Gasteiger partial charge in [-0.25, -0.2) is 0 Å². The van der Waals surface area contributed by atoms with E-state index in [0.29, 0.717) is 0 Å². The zero-order chi connectivity index (χ0) is 9.80. The fraction of sp³-hybridized carbons (Fsp3) is 0.273. The summed E-state index contributed by atoms with van der Waals surface area (Å²) in [5.74, 6) is 0.984. The molecule has 0 spiro atoms. The third-order valence-corrected chi connectivity index (χ3v) is 3.07. The fourth-order valence-corrected chi connectivity index (χ4v) is 2.16. The van der Waals surface area contributed by atoms with Crippen LogP contribution in [0.5, 0.6) is 0 Å². The average molecular weight is 207 g/mol. The van der Waals surface area contributed by atoms with E-state index in [2.05, 4.69) is 23.0 Å². The first-order valence-electron chi connectivity index (χ1n) is 4.61. The number of hydrogen-bond acceptors (Lipinski definition) is 3. The molecule has 1 N–H and O–H groups in total. The number of aryl methyl sites for hydroxylation is 1. The van der Waals surface area contributed by atoms with E-state index >= 15 is 0 Å². The molecule has 2 nitrogen and oxygen atoms in total. The lowest BCUT2D eigenvalue weighted by molar-refractivity contribution is 0.483. The lowest BCUT2D eigenvalue weighted by atomic mass is 10.2. The SMILES string of the molecule is Cc1cscc1CNCc1ccco1. The van der Waals surface area contributed by atoms with Gasteiger partial charge in [0.25, 0.3) is 0 Å². The Bertz CT molecular complexity index is 378. The minimum atomic E-state index is 0.794. The van der Waals surface area contributed by atoms with Crippen molar-refractivity contribution in [2.45, 2.75) is 20.0 Å². The van der Waals surface area contributed by atoms with Crippen molar-refractivity contribution >= 4 is 11.3 Å². The maximum absolute atomic E-state index is 5.22. The summed E-state index contributed by atoms with van der Waals surface area (Å²) in [5, 5.41) is 7.70. The average Bonchev–Trinajstić information content (AvgIpc) is 2.78. The van der Waals surface area contributed by atoms with Crippen LogP contribution in [0, 0.1) is 6.92 Å². The van der Waals surface area contributed by atoms with Crippen molar-refractivity contribution in [3.8, 4) is 0 Å². The zero-order valence-electron chi connectivity index (χ0n) is 8.12. The van der Waals surface area contributed by atoms with Gasteiger partial charge >= 0.3 is 0 Å². The Morgan fingerprint density at radius 2 is 2.29 bits per heavy atom. The van der Waals surface area contributed by atoms with Crippen molar-refractivity contribution in [2.75, 3.05) is 0 Å². The molecule has 0 atom stereocenters. The molecule has 74 valence electrons. The number of thiophene rings is 1. The molecule has 3 heteroatoms. The third-order valence-electron chi connectivity index (χ3n) is 2.16. The highest BCUT2D eigenvalue weighted by molar-refractivity contribution is 7.08. The summed E-state index contributed by atoms with van der Waals surface area (Å²) < 4.78 is 5.22. The monoisotopic (exact) mass is 207 g/mol. The third kappa shape index (κ3) is 2.25. The fourth-order valence-electron chi connectivity index (χ4n) is 1.30. The quantitative estimate of drug-likeness (QED) is 0.834. The Morgan fingerprint density at radius 3 is 2.93 bits per heavy atom. The van der Waals surface area contributed by atoms with E-state index in [1.807, 2.05) is 12.1 Å². The van der Waals surface area contributed by atoms with Crippen molar-refractivity contribution in [3.05, 3.63) is 46.0 Å². The van der Waals surface area contributed by atoms with Crippen molar-refractivity contribution < 1.29 is 4.42 Å². The van der Waals surface area contributed by atoms with Crippen LogP contribution in [0.15, 0.2) is 33.6 Å². The summed E-state index contributed by atoms with van der Waals surface area (Å²) in [6, 6.07) is 3.89. The van der Waals surface area contributed by atoms with Gasteiger partial charge in [0.1, 0.15) is 5.76 Å². The van der Waals surface area contributed by atoms with Gasteiger partial charge in [0.2, 0.25) is 0 Å². The van der Waals surface area contributed by atoms with Crippen molar-refractivity contribution in [1.29, 1.82) is 0 Å². The molecule has 0 amide bonds. The van der Waals surface area contributed by atoms with E-state index in [1.54, 1.807) is 17.6 Å². The van der Waals surface area contributed by atoms with E-state index in [1.165, 1.54) is 11.1 Å². The van der Waals surface area contributed by atoms with E-state index in [-0.39, 0.29) is 0 Å². The molecule has 0 aromatic carbocycles. The van der Waals surface area contributed by atoms with Crippen molar-refractivity contribution in [1.82, 2.24) is 5.32 Å². The maximum Gasteiger partial charge on any atom is 0.117 e. The van der Waals surface area contributed by atoms with Gasteiger partial charge in [-0.2, -0.15) is 11.3 Å². The molecule has 2 heterocycles. The summed E-state index contributed by atoms with van der Waals surface area (Å²) in [7, 11) is 0. The Labute approximate surface area is 87.6 Å². The molecule has 2 rings (SSSR count). The van der Waals surface area contributed by atoms with E-state index in [9.17, 15) is 0 Å². The molecule has 0 saturated carbocycles. The minimum Gasteiger partial charge on any atom is -0.468 e. The van der Waals surface area contributed by atoms with Crippen LogP contribution in [0.25, 0.3) is 0 Å². The van der Waals surface area contributed by atoms with E-state index in [0.717, 1.165) is 18.8 Å². The molecule has 0 saturated heterocycles. The summed E-state index contributed by atoms with van der Waals surface area (Å²) in [6.45, 7) is 3.85. The number of hydrogen-bond donors (Lipinski definition) is 1. The predicted molar refractivity (Wildman–Crippen MR) is 58.3 cm³/mol. The molecular weight excluding hydrogens is 194 g/mol. The lowest BCUT2D eigenvalue weighted by Crippen LogP contribution is -2.12. The number of furan rings is 1. The Balaban J connectivity index is 1.81. The molecule has 0 unspecified atom stereocenters. The van der Waals surface area contributed by atoms with Gasteiger partial charge < -0.3 is 9.73 Å². The number of nitrogens with one attached hydrogen (secondary N) is 1. The lowest BCUT2D eigenvalue weighted by Gasteiger charge is -2.01. The first-order valence-corrected chi connectivity index (χ1v) is 5.55. The van der Waals surface area contributed by atoms with Crippen LogP contribution >= 0.6 is 11.3 Å². The van der Waals surface area contributed by atoms with Crippen LogP contribution in [-0.4, -0.2) is 0 Å². The van der Waals surface area contributed by atoms with Crippen molar-refractivity contribution in [2.24, 2.45) is 0 Å². The molecule has 0 radical (unpaired) electrons. The molecule has 0 aliphatic carbocycles. The highest BCUT2D eigenvalue weighted by Crippen LogP contribution is 2.13. The molecule has 0 fully saturated rings. The normalized spacial score (nSPS) is 10.6. The van der Waals surface area contributed by atoms with Gasteiger partial charge in [0.15, 0.2) is 0 Å². The Morgan fingerprint density at radius 1 is 1.36 bits per heavy atom. The molecular formula is C11H13NOS. The molecule has 0 aliphatic rings. The van der Waals surface area contributed by atoms with Crippen LogP contribution in [-0.2, 0) is 13.1 Å². The molecule has 14 heavy (non-hydrogen) atoms. The summed E-state index contributed by atoms with van der Waals surface area (Å²) in [6.07, 6.45) is 1.70. The van der Waals surface area contributed by atoms with Gasteiger partial charge in [0, 0.05) is 6.54 Å². The van der Waals surface area contributed by atoms with Crippen molar-refractivity contribution in [3.63, 3.8) is 0 Å². The van der Waals surface area contributed by atoms with Gasteiger partial charge in [-0.15, -0.1) is 0 Å². The second-order valence-corrected chi connectivity index (χ2v) is 4.01. The highest BCUT2D eigenvalue weighted by atomic mass is 32.1. The standard InChI is InChI=1S/C11H13NOS/c1-9-7-14-8-10(9)5-12-6-11-3-2-4-13-11/h2-4,7-8,12H,5-6H2,1H3. The predicted octanol–water partition coefficient (Wildman–Crippen LogP) is 2.94. The maximum atomic E-state index is 5.22. The highest BCUT2D eigenvalue weighted by Gasteiger charge is 1.99. The Kier molecular flexibility index (Phi) is 3.01. The smallest absolute Gasteiger partial charge is 0.117 e. The second-order valence-electron chi connectivity index (χ2n) is 3.26. The summed E-state index contributed by atoms with van der Waals surface area (Å²) in [4.78, 5) is 0. The Hall–Kier alpha value is -1.06. The molecule has 0 aliphatic heterocycles. The largest absolute Gasteiger partial charge is 0.468 e. The summed E-state index contributed by atoms with van der Waals surface area (Å²) in [5.41, 5.74) is 2.74. The van der Waals surface area contributed by atoms with Crippen LogP contribution in [0.4, 0.5) is 0 Å². The van der Waals surface area contributed by atoms with Crippen LogP contribution in [0.2, 0.25) is 0 Å². The molecule has 2 aromatic rings. The van der Waals surface area contributed by atoms with Gasteiger partial charge in [-0.1, -0.05) is 0 Å². The summed E-state index contributed by atoms with van der Waals surface area (Å²) >= 11 is 1.75. The van der Waals surface area contributed by atoms with Crippen LogP contribution in [0.3, 0.4) is 0 Å². The van der Waals surface area contributed by atoms with Gasteiger partial charge in [-0.3, -0.25) is 0 Å². The molecule has 2 aromatic heterocycles. The second kappa shape index (κ2) is 4.44. The van der Waals surface area contributed by atoms with Crippen LogP contribution in [0.1, 0.15) is 16.9 Å². The first kappa shape index (κ1) is 9.49. The van der Waals surface area contributed by atoms with Crippen LogP contribution < -0.4 is 5.32 Å². The topological polar surface area (TPSA) is 25.2 Å². The minimum absolute atomic E-state index is 0.794. The van der Waals surface area contributed by atoms with Gasteiger partial charge in [0.05, 0.1) is 12.8 Å². The zero-order valence-corrected chi connectivity index (χ0v) is 8.93.